The van der Waals surface area contributed by atoms with E-state index >= 15 is 0 Å². The molecule has 0 saturated heterocycles. The van der Waals surface area contributed by atoms with Gasteiger partial charge in [-0.05, 0) is 12.8 Å². The molecule has 98 valence electrons. The Balaban J connectivity index is 2.18. The van der Waals surface area contributed by atoms with Crippen LogP contribution >= 0.6 is 0 Å². The Morgan fingerprint density at radius 2 is 2.11 bits per heavy atom. The first-order chi connectivity index (χ1) is 8.68. The lowest BCUT2D eigenvalue weighted by molar-refractivity contribution is -0.136. The molecule has 0 aliphatic heterocycles. The first kappa shape index (κ1) is 12.7. The molecule has 6 nitrogen and oxygen atoms in total. The van der Waals surface area contributed by atoms with Gasteiger partial charge in [0.2, 0.25) is 0 Å². The van der Waals surface area contributed by atoms with Crippen LogP contribution in [-0.4, -0.2) is 25.8 Å². The van der Waals surface area contributed by atoms with Crippen LogP contribution in [0, 0.1) is 0 Å². The van der Waals surface area contributed by atoms with E-state index in [4.69, 9.17) is 5.11 Å². The van der Waals surface area contributed by atoms with Crippen LogP contribution in [-0.2, 0) is 11.2 Å². The number of nitrogens with zero attached hydrogens (tertiary/aromatic N) is 3. The van der Waals surface area contributed by atoms with Crippen molar-refractivity contribution in [1.29, 1.82) is 0 Å². The highest BCUT2D eigenvalue weighted by atomic mass is 16.4. The van der Waals surface area contributed by atoms with Crippen molar-refractivity contribution in [3.63, 3.8) is 0 Å². The Morgan fingerprint density at radius 3 is 2.78 bits per heavy atom. The number of carboxylic acid groups (broad SMARTS) is 1. The van der Waals surface area contributed by atoms with E-state index in [1.165, 1.54) is 12.7 Å². The molecule has 6 heteroatoms. The number of carbonyl (C=O) groups is 1. The van der Waals surface area contributed by atoms with Gasteiger partial charge >= 0.3 is 5.97 Å². The van der Waals surface area contributed by atoms with Crippen molar-refractivity contribution in [2.75, 3.05) is 0 Å². The molecule has 1 heterocycles. The molecule has 0 spiro atoms. The number of carboxylic acids is 1. The Labute approximate surface area is 105 Å². The summed E-state index contributed by atoms with van der Waals surface area (Å²) in [5.41, 5.74) is 0.0728. The van der Waals surface area contributed by atoms with Gasteiger partial charge in [0.1, 0.15) is 12.0 Å². The van der Waals surface area contributed by atoms with Crippen molar-refractivity contribution < 1.29 is 9.90 Å². The van der Waals surface area contributed by atoms with Crippen molar-refractivity contribution in [3.8, 4) is 0 Å². The molecule has 1 aromatic rings. The summed E-state index contributed by atoms with van der Waals surface area (Å²) >= 11 is 0. The Hall–Kier alpha value is -1.72. The predicted molar refractivity (Wildman–Crippen MR) is 64.4 cm³/mol. The van der Waals surface area contributed by atoms with Gasteiger partial charge in [-0.3, -0.25) is 14.2 Å². The summed E-state index contributed by atoms with van der Waals surface area (Å²) in [6.07, 6.45) is 6.99. The summed E-state index contributed by atoms with van der Waals surface area (Å²) in [5.74, 6) is -0.927. The molecule has 0 radical (unpaired) electrons. The van der Waals surface area contributed by atoms with Crippen molar-refractivity contribution in [3.05, 3.63) is 22.4 Å². The van der Waals surface area contributed by atoms with E-state index < -0.39 is 5.97 Å². The first-order valence-electron chi connectivity index (χ1n) is 6.33. The molecule has 1 aliphatic carbocycles. The molecular formula is C12H17N3O3. The molecule has 1 saturated carbocycles. The maximum atomic E-state index is 12.1. The Bertz CT molecular complexity index is 478. The largest absolute Gasteiger partial charge is 0.481 e. The Morgan fingerprint density at radius 1 is 1.39 bits per heavy atom. The minimum absolute atomic E-state index is 0.0847. The van der Waals surface area contributed by atoms with E-state index in [1.807, 2.05) is 0 Å². The van der Waals surface area contributed by atoms with Crippen LogP contribution in [0.15, 0.2) is 11.1 Å². The molecule has 0 bridgehead atoms. The molecule has 18 heavy (non-hydrogen) atoms. The van der Waals surface area contributed by atoms with Gasteiger partial charge in [0.05, 0.1) is 6.42 Å². The summed E-state index contributed by atoms with van der Waals surface area (Å²) in [5, 5.41) is 16.2. The third kappa shape index (κ3) is 2.94. The molecule has 2 rings (SSSR count). The fraction of sp³-hybridized carbons (Fsp3) is 0.667. The van der Waals surface area contributed by atoms with Crippen LogP contribution in [0.2, 0.25) is 0 Å². The van der Waals surface area contributed by atoms with Gasteiger partial charge in [-0.2, -0.15) is 0 Å². The fourth-order valence-electron chi connectivity index (χ4n) is 2.40. The second-order valence-corrected chi connectivity index (χ2v) is 4.68. The third-order valence-corrected chi connectivity index (χ3v) is 3.38. The van der Waals surface area contributed by atoms with Crippen LogP contribution in [0.4, 0.5) is 0 Å². The molecule has 1 N–H and O–H groups in total. The summed E-state index contributed by atoms with van der Waals surface area (Å²) < 4.78 is 1.63. The maximum Gasteiger partial charge on any atom is 0.303 e. The zero-order chi connectivity index (χ0) is 13.0. The van der Waals surface area contributed by atoms with Crippen molar-refractivity contribution in [2.45, 2.75) is 51.0 Å². The molecule has 1 aliphatic rings. The highest BCUT2D eigenvalue weighted by Crippen LogP contribution is 2.26. The molecule has 0 unspecified atom stereocenters. The highest BCUT2D eigenvalue weighted by molar-refractivity contribution is 5.66. The number of aromatic nitrogens is 3. The zero-order valence-electron chi connectivity index (χ0n) is 10.2. The number of rotatable bonds is 4. The third-order valence-electron chi connectivity index (χ3n) is 3.38. The lowest BCUT2D eigenvalue weighted by Gasteiger charge is -2.23. The molecule has 1 fully saturated rings. The minimum atomic E-state index is -0.927. The fourth-order valence-corrected chi connectivity index (χ4v) is 2.40. The van der Waals surface area contributed by atoms with E-state index in [2.05, 4.69) is 10.2 Å². The second kappa shape index (κ2) is 5.75. The van der Waals surface area contributed by atoms with Gasteiger partial charge < -0.3 is 5.11 Å². The number of aryl methyl sites for hydroxylation is 1. The van der Waals surface area contributed by atoms with Crippen LogP contribution < -0.4 is 5.56 Å². The summed E-state index contributed by atoms with van der Waals surface area (Å²) in [4.78, 5) is 22.7. The van der Waals surface area contributed by atoms with Crippen LogP contribution in [0.25, 0.3) is 0 Å². The van der Waals surface area contributed by atoms with Gasteiger partial charge in [0.15, 0.2) is 0 Å². The average molecular weight is 251 g/mol. The zero-order valence-corrected chi connectivity index (χ0v) is 10.2. The van der Waals surface area contributed by atoms with E-state index in [-0.39, 0.29) is 30.1 Å². The maximum absolute atomic E-state index is 12.1. The highest BCUT2D eigenvalue weighted by Gasteiger charge is 2.18. The Kier molecular flexibility index (Phi) is 4.07. The van der Waals surface area contributed by atoms with Crippen LogP contribution in [0.5, 0.6) is 0 Å². The minimum Gasteiger partial charge on any atom is -0.481 e. The van der Waals surface area contributed by atoms with Crippen LogP contribution in [0.3, 0.4) is 0 Å². The van der Waals surface area contributed by atoms with Crippen molar-refractivity contribution >= 4 is 5.97 Å². The number of hydrogen-bond acceptors (Lipinski definition) is 4. The second-order valence-electron chi connectivity index (χ2n) is 4.68. The van der Waals surface area contributed by atoms with Crippen molar-refractivity contribution in [2.24, 2.45) is 0 Å². The molecular weight excluding hydrogens is 234 g/mol. The lowest BCUT2D eigenvalue weighted by Crippen LogP contribution is -2.30. The quantitative estimate of drug-likeness (QED) is 0.867. The molecule has 1 aromatic heterocycles. The van der Waals surface area contributed by atoms with Crippen LogP contribution in [0.1, 0.15) is 50.3 Å². The molecule has 0 amide bonds. The molecule has 0 aromatic carbocycles. The summed E-state index contributed by atoms with van der Waals surface area (Å²) in [7, 11) is 0. The number of hydrogen-bond donors (Lipinski definition) is 1. The SMILES string of the molecule is O=C(O)CCc1nncn(C2CCCCC2)c1=O. The standard InChI is InChI=1S/C12H17N3O3/c16-11(17)7-6-10-12(18)15(8-13-14-10)9-4-2-1-3-5-9/h8-9H,1-7H2,(H,16,17). The number of aliphatic carboxylic acids is 1. The van der Waals surface area contributed by atoms with Gasteiger partial charge in [0, 0.05) is 12.5 Å². The van der Waals surface area contributed by atoms with Gasteiger partial charge in [0.25, 0.3) is 5.56 Å². The normalized spacial score (nSPS) is 16.7. The molecule has 0 atom stereocenters. The monoisotopic (exact) mass is 251 g/mol. The summed E-state index contributed by atoms with van der Waals surface area (Å²) in [6, 6.07) is 0.199. The van der Waals surface area contributed by atoms with E-state index in [0.29, 0.717) is 0 Å². The first-order valence-corrected chi connectivity index (χ1v) is 6.33. The topological polar surface area (TPSA) is 85.1 Å². The van der Waals surface area contributed by atoms with E-state index in [1.54, 1.807) is 4.57 Å². The smallest absolute Gasteiger partial charge is 0.303 e. The van der Waals surface area contributed by atoms with Gasteiger partial charge in [-0.15, -0.1) is 10.2 Å². The predicted octanol–water partition coefficient (Wildman–Crippen LogP) is 1.16. The average Bonchev–Trinajstić information content (AvgIpc) is 2.38. The van der Waals surface area contributed by atoms with Crippen molar-refractivity contribution in [1.82, 2.24) is 14.8 Å². The van der Waals surface area contributed by atoms with Gasteiger partial charge in [-0.25, -0.2) is 0 Å². The van der Waals surface area contributed by atoms with Gasteiger partial charge in [-0.1, -0.05) is 19.3 Å². The summed E-state index contributed by atoms with van der Waals surface area (Å²) in [6.45, 7) is 0. The lowest BCUT2D eigenvalue weighted by atomic mass is 9.95. The van der Waals surface area contributed by atoms with E-state index in [0.717, 1.165) is 25.7 Å². The van der Waals surface area contributed by atoms with E-state index in [9.17, 15) is 9.59 Å².